The van der Waals surface area contributed by atoms with Crippen LogP contribution in [0.4, 0.5) is 5.69 Å². The number of sulfone groups is 1. The molecule has 0 atom stereocenters. The Kier molecular flexibility index (Phi) is 6.79. The summed E-state index contributed by atoms with van der Waals surface area (Å²) in [5, 5.41) is 3.24. The zero-order valence-corrected chi connectivity index (χ0v) is 20.7. The van der Waals surface area contributed by atoms with Gasteiger partial charge in [0.15, 0.2) is 9.84 Å². The highest BCUT2D eigenvalue weighted by atomic mass is 32.2. The van der Waals surface area contributed by atoms with Crippen LogP contribution in [0.5, 0.6) is 0 Å². The van der Waals surface area contributed by atoms with Gasteiger partial charge >= 0.3 is 0 Å². The Labute approximate surface area is 200 Å². The average Bonchev–Trinajstić information content (AvgIpc) is 3.16. The standard InChI is InChI=1S/C26H31N3O4S/c1-18-10-12-28(13-11-18)26(31)16-29-15-24(21-6-4-5-7-23(21)29)34(32,33)17-25(30)27-22-14-19(2)8-9-20(22)3/h4-9,14-15,18H,10-13,16-17H2,1-3H3,(H,27,30). The van der Waals surface area contributed by atoms with Crippen LogP contribution in [0.3, 0.4) is 0 Å². The summed E-state index contributed by atoms with van der Waals surface area (Å²) in [4.78, 5) is 27.5. The van der Waals surface area contributed by atoms with Gasteiger partial charge in [-0.25, -0.2) is 8.42 Å². The van der Waals surface area contributed by atoms with Crippen LogP contribution in [0, 0.1) is 19.8 Å². The van der Waals surface area contributed by atoms with Crippen LogP contribution < -0.4 is 5.32 Å². The summed E-state index contributed by atoms with van der Waals surface area (Å²) in [5.41, 5.74) is 3.09. The molecule has 0 bridgehead atoms. The lowest BCUT2D eigenvalue weighted by atomic mass is 9.99. The topological polar surface area (TPSA) is 88.5 Å². The lowest BCUT2D eigenvalue weighted by Crippen LogP contribution is -2.39. The van der Waals surface area contributed by atoms with Crippen LogP contribution in [-0.4, -0.2) is 48.5 Å². The average molecular weight is 482 g/mol. The molecule has 3 aromatic rings. The van der Waals surface area contributed by atoms with Gasteiger partial charge in [0.25, 0.3) is 0 Å². The first-order chi connectivity index (χ1) is 16.1. The molecule has 0 radical (unpaired) electrons. The molecule has 1 N–H and O–H groups in total. The van der Waals surface area contributed by atoms with E-state index >= 15 is 0 Å². The fourth-order valence-corrected chi connectivity index (χ4v) is 5.77. The summed E-state index contributed by atoms with van der Waals surface area (Å²) in [6.45, 7) is 7.48. The first-order valence-electron chi connectivity index (χ1n) is 11.6. The Morgan fingerprint density at radius 3 is 2.50 bits per heavy atom. The van der Waals surface area contributed by atoms with E-state index in [9.17, 15) is 18.0 Å². The fourth-order valence-electron chi connectivity index (χ4n) is 4.40. The van der Waals surface area contributed by atoms with Crippen molar-refractivity contribution in [3.8, 4) is 0 Å². The molecule has 0 unspecified atom stereocenters. The smallest absolute Gasteiger partial charge is 0.242 e. The van der Waals surface area contributed by atoms with Crippen LogP contribution >= 0.6 is 0 Å². The minimum absolute atomic E-state index is 0.0238. The number of carbonyl (C=O) groups is 2. The van der Waals surface area contributed by atoms with Gasteiger partial charge in [0, 0.05) is 35.9 Å². The first-order valence-corrected chi connectivity index (χ1v) is 13.2. The third-order valence-electron chi connectivity index (χ3n) is 6.52. The maximum Gasteiger partial charge on any atom is 0.242 e. The van der Waals surface area contributed by atoms with Crippen LogP contribution in [0.15, 0.2) is 53.6 Å². The molecular formula is C26H31N3O4S. The minimum atomic E-state index is -3.93. The Morgan fingerprint density at radius 1 is 1.06 bits per heavy atom. The number of nitrogens with one attached hydrogen (secondary N) is 1. The number of nitrogens with zero attached hydrogens (tertiary/aromatic N) is 2. The highest BCUT2D eigenvalue weighted by molar-refractivity contribution is 7.92. The molecule has 0 saturated carbocycles. The Bertz CT molecular complexity index is 1340. The molecule has 1 aliphatic heterocycles. The quantitative estimate of drug-likeness (QED) is 0.578. The highest BCUT2D eigenvalue weighted by Crippen LogP contribution is 2.27. The number of para-hydroxylation sites is 1. The van der Waals surface area contributed by atoms with E-state index in [0.717, 1.165) is 37.1 Å². The third kappa shape index (κ3) is 5.17. The zero-order valence-electron chi connectivity index (χ0n) is 19.9. The lowest BCUT2D eigenvalue weighted by Gasteiger charge is -2.30. The lowest BCUT2D eigenvalue weighted by molar-refractivity contribution is -0.133. The molecule has 1 saturated heterocycles. The number of piperidine rings is 1. The second-order valence-electron chi connectivity index (χ2n) is 9.33. The molecule has 8 heteroatoms. The molecule has 1 aliphatic rings. The van der Waals surface area contributed by atoms with E-state index in [1.165, 1.54) is 6.20 Å². The molecule has 0 aliphatic carbocycles. The van der Waals surface area contributed by atoms with E-state index in [0.29, 0.717) is 22.5 Å². The number of hydrogen-bond acceptors (Lipinski definition) is 4. The second kappa shape index (κ2) is 9.62. The summed E-state index contributed by atoms with van der Waals surface area (Å²) < 4.78 is 28.2. The minimum Gasteiger partial charge on any atom is -0.341 e. The summed E-state index contributed by atoms with van der Waals surface area (Å²) >= 11 is 0. The monoisotopic (exact) mass is 481 g/mol. The van der Waals surface area contributed by atoms with E-state index in [1.54, 1.807) is 22.8 Å². The van der Waals surface area contributed by atoms with Gasteiger partial charge in [0.1, 0.15) is 12.3 Å². The molecule has 1 fully saturated rings. The number of aromatic nitrogens is 1. The molecule has 2 amide bonds. The van der Waals surface area contributed by atoms with Gasteiger partial charge < -0.3 is 14.8 Å². The van der Waals surface area contributed by atoms with E-state index in [-0.39, 0.29) is 17.3 Å². The molecular weight excluding hydrogens is 450 g/mol. The van der Waals surface area contributed by atoms with Gasteiger partial charge in [0.2, 0.25) is 11.8 Å². The highest BCUT2D eigenvalue weighted by Gasteiger charge is 2.26. The van der Waals surface area contributed by atoms with Crippen LogP contribution in [0.25, 0.3) is 10.9 Å². The molecule has 2 aromatic carbocycles. The van der Waals surface area contributed by atoms with E-state index < -0.39 is 21.5 Å². The molecule has 1 aromatic heterocycles. The first kappa shape index (κ1) is 24.0. The van der Waals surface area contributed by atoms with Crippen molar-refractivity contribution in [3.63, 3.8) is 0 Å². The molecule has 7 nitrogen and oxygen atoms in total. The summed E-state index contributed by atoms with van der Waals surface area (Å²) in [6.07, 6.45) is 3.45. The summed E-state index contributed by atoms with van der Waals surface area (Å²) in [6, 6.07) is 12.7. The predicted octanol–water partition coefficient (Wildman–Crippen LogP) is 3.93. The SMILES string of the molecule is Cc1ccc(C)c(NC(=O)CS(=O)(=O)c2cn(CC(=O)N3CCC(C)CC3)c3ccccc23)c1. The Morgan fingerprint density at radius 2 is 1.76 bits per heavy atom. The summed E-state index contributed by atoms with van der Waals surface area (Å²) in [7, 11) is -3.93. The number of rotatable bonds is 6. The van der Waals surface area contributed by atoms with Gasteiger partial charge in [-0.05, 0) is 55.9 Å². The maximum absolute atomic E-state index is 13.3. The van der Waals surface area contributed by atoms with E-state index in [1.807, 2.05) is 43.0 Å². The number of benzene rings is 2. The van der Waals surface area contributed by atoms with Gasteiger partial charge in [-0.3, -0.25) is 9.59 Å². The van der Waals surface area contributed by atoms with Crippen molar-refractivity contribution in [2.75, 3.05) is 24.2 Å². The molecule has 0 spiro atoms. The van der Waals surface area contributed by atoms with Crippen molar-refractivity contribution >= 4 is 38.2 Å². The van der Waals surface area contributed by atoms with Crippen molar-refractivity contribution in [2.24, 2.45) is 5.92 Å². The number of aryl methyl sites for hydroxylation is 2. The number of carbonyl (C=O) groups excluding carboxylic acids is 2. The van der Waals surface area contributed by atoms with Gasteiger partial charge in [0.05, 0.1) is 4.90 Å². The van der Waals surface area contributed by atoms with Crippen LogP contribution in [0.1, 0.15) is 30.9 Å². The predicted molar refractivity (Wildman–Crippen MR) is 134 cm³/mol. The normalized spacial score (nSPS) is 15.0. The number of fused-ring (bicyclic) bond motifs is 1. The number of anilines is 1. The Balaban J connectivity index is 1.56. The number of likely N-dealkylation sites (tertiary alicyclic amines) is 1. The van der Waals surface area contributed by atoms with Crippen molar-refractivity contribution in [1.29, 1.82) is 0 Å². The number of hydrogen-bond donors (Lipinski definition) is 1. The van der Waals surface area contributed by atoms with Crippen molar-refractivity contribution in [1.82, 2.24) is 9.47 Å². The van der Waals surface area contributed by atoms with Crippen molar-refractivity contribution in [3.05, 3.63) is 59.8 Å². The Hall–Kier alpha value is -3.13. The number of amides is 2. The summed E-state index contributed by atoms with van der Waals surface area (Å²) in [5.74, 6) is -0.678. The molecule has 4 rings (SSSR count). The van der Waals surface area contributed by atoms with Crippen molar-refractivity contribution in [2.45, 2.75) is 45.1 Å². The molecule has 2 heterocycles. The van der Waals surface area contributed by atoms with Crippen LogP contribution in [0.2, 0.25) is 0 Å². The van der Waals surface area contributed by atoms with Gasteiger partial charge in [-0.1, -0.05) is 37.3 Å². The maximum atomic E-state index is 13.3. The molecule has 34 heavy (non-hydrogen) atoms. The van der Waals surface area contributed by atoms with Crippen LogP contribution in [-0.2, 0) is 26.0 Å². The van der Waals surface area contributed by atoms with Gasteiger partial charge in [-0.15, -0.1) is 0 Å². The van der Waals surface area contributed by atoms with Crippen molar-refractivity contribution < 1.29 is 18.0 Å². The van der Waals surface area contributed by atoms with E-state index in [4.69, 9.17) is 0 Å². The largest absolute Gasteiger partial charge is 0.341 e. The second-order valence-corrected chi connectivity index (χ2v) is 11.3. The molecule has 180 valence electrons. The fraction of sp³-hybridized carbons (Fsp3) is 0.385. The van der Waals surface area contributed by atoms with E-state index in [2.05, 4.69) is 12.2 Å². The third-order valence-corrected chi connectivity index (χ3v) is 8.15. The zero-order chi connectivity index (χ0) is 24.5. The van der Waals surface area contributed by atoms with Gasteiger partial charge in [-0.2, -0.15) is 0 Å².